The molecule has 17 heavy (non-hydrogen) atoms. The molecule has 0 unspecified atom stereocenters. The zero-order valence-corrected chi connectivity index (χ0v) is 9.76. The lowest BCUT2D eigenvalue weighted by molar-refractivity contribution is 0.318. The van der Waals surface area contributed by atoms with Gasteiger partial charge in [0.25, 0.3) is 0 Å². The molecule has 0 amide bonds. The van der Waals surface area contributed by atoms with Crippen molar-refractivity contribution >= 4 is 17.6 Å². The first-order chi connectivity index (χ1) is 8.31. The van der Waals surface area contributed by atoms with E-state index < -0.39 is 0 Å². The lowest BCUT2D eigenvalue weighted by Gasteiger charge is -2.06. The van der Waals surface area contributed by atoms with Crippen LogP contribution in [0.15, 0.2) is 63.6 Å². The van der Waals surface area contributed by atoms with E-state index in [9.17, 15) is 0 Å². The molecule has 0 aliphatic carbocycles. The fraction of sp³-hybridized carbons (Fsp3) is 0. The molecule has 1 aromatic heterocycles. The molecule has 0 bridgehead atoms. The lowest BCUT2D eigenvalue weighted by Crippen LogP contribution is -2.15. The van der Waals surface area contributed by atoms with Gasteiger partial charge in [0, 0.05) is 16.0 Å². The summed E-state index contributed by atoms with van der Waals surface area (Å²) in [5.74, 6) is 0.0176. The Labute approximate surface area is 103 Å². The predicted octanol–water partition coefficient (Wildman–Crippen LogP) is 2.33. The summed E-state index contributed by atoms with van der Waals surface area (Å²) in [5.41, 5.74) is 6.06. The number of rotatable bonds is 3. The predicted molar refractivity (Wildman–Crippen MR) is 67.3 cm³/mol. The van der Waals surface area contributed by atoms with Gasteiger partial charge < -0.3 is 10.9 Å². The van der Waals surface area contributed by atoms with Crippen molar-refractivity contribution in [2.75, 3.05) is 0 Å². The zero-order chi connectivity index (χ0) is 12.1. The van der Waals surface area contributed by atoms with E-state index in [4.69, 9.17) is 10.9 Å². The van der Waals surface area contributed by atoms with Crippen molar-refractivity contribution in [3.8, 4) is 0 Å². The summed E-state index contributed by atoms with van der Waals surface area (Å²) in [5, 5.41) is 11.7. The molecule has 0 saturated carbocycles. The summed E-state index contributed by atoms with van der Waals surface area (Å²) < 4.78 is 0. The molecule has 4 nitrogen and oxygen atoms in total. The Morgan fingerprint density at radius 2 is 1.94 bits per heavy atom. The van der Waals surface area contributed by atoms with Crippen LogP contribution in [0.2, 0.25) is 0 Å². The third kappa shape index (κ3) is 2.76. The summed E-state index contributed by atoms with van der Waals surface area (Å²) in [7, 11) is 0. The number of hydrogen-bond donors (Lipinski definition) is 2. The highest BCUT2D eigenvalue weighted by Crippen LogP contribution is 2.28. The number of oxime groups is 1. The molecule has 5 heteroatoms. The van der Waals surface area contributed by atoms with E-state index in [2.05, 4.69) is 10.1 Å². The van der Waals surface area contributed by atoms with Gasteiger partial charge in [-0.15, -0.1) is 0 Å². The minimum Gasteiger partial charge on any atom is -0.409 e. The average Bonchev–Trinajstić information content (AvgIpc) is 2.40. The smallest absolute Gasteiger partial charge is 0.189 e. The van der Waals surface area contributed by atoms with Crippen LogP contribution in [0.4, 0.5) is 0 Å². The Kier molecular flexibility index (Phi) is 3.62. The third-order valence-electron chi connectivity index (χ3n) is 2.09. The minimum absolute atomic E-state index is 0.0176. The van der Waals surface area contributed by atoms with E-state index in [1.54, 1.807) is 6.20 Å². The van der Waals surface area contributed by atoms with Gasteiger partial charge in [0.2, 0.25) is 0 Å². The molecule has 0 atom stereocenters. The molecule has 86 valence electrons. The minimum atomic E-state index is 0.0176. The van der Waals surface area contributed by atoms with Gasteiger partial charge in [0.05, 0.1) is 0 Å². The van der Waals surface area contributed by atoms with E-state index in [0.29, 0.717) is 5.69 Å². The second-order valence-electron chi connectivity index (χ2n) is 3.25. The van der Waals surface area contributed by atoms with Gasteiger partial charge in [0.1, 0.15) is 5.69 Å². The summed E-state index contributed by atoms with van der Waals surface area (Å²) in [4.78, 5) is 6.04. The third-order valence-corrected chi connectivity index (χ3v) is 3.15. The lowest BCUT2D eigenvalue weighted by atomic mass is 10.3. The van der Waals surface area contributed by atoms with E-state index in [-0.39, 0.29) is 5.84 Å². The average molecular weight is 245 g/mol. The highest BCUT2D eigenvalue weighted by atomic mass is 32.2. The number of amidine groups is 1. The summed E-state index contributed by atoms with van der Waals surface area (Å²) >= 11 is 1.52. The first-order valence-corrected chi connectivity index (χ1v) is 5.78. The maximum atomic E-state index is 8.69. The van der Waals surface area contributed by atoms with Crippen LogP contribution in [0.3, 0.4) is 0 Å². The van der Waals surface area contributed by atoms with E-state index >= 15 is 0 Å². The standard InChI is InChI=1S/C12H11N3OS/c13-12(15-16)11-10(7-4-8-14-11)17-9-5-2-1-3-6-9/h1-8,16H,(H2,13,15). The Morgan fingerprint density at radius 3 is 2.65 bits per heavy atom. The normalized spacial score (nSPS) is 11.4. The maximum absolute atomic E-state index is 8.69. The molecule has 0 fully saturated rings. The largest absolute Gasteiger partial charge is 0.409 e. The van der Waals surface area contributed by atoms with Crippen LogP contribution in [-0.2, 0) is 0 Å². The highest BCUT2D eigenvalue weighted by molar-refractivity contribution is 7.99. The van der Waals surface area contributed by atoms with Crippen molar-refractivity contribution in [3.63, 3.8) is 0 Å². The molecular weight excluding hydrogens is 234 g/mol. The monoisotopic (exact) mass is 245 g/mol. The number of pyridine rings is 1. The van der Waals surface area contributed by atoms with Gasteiger partial charge in [-0.3, -0.25) is 4.98 Å². The van der Waals surface area contributed by atoms with Gasteiger partial charge in [-0.1, -0.05) is 35.1 Å². The van der Waals surface area contributed by atoms with Crippen molar-refractivity contribution in [1.29, 1.82) is 0 Å². The maximum Gasteiger partial charge on any atom is 0.189 e. The quantitative estimate of drug-likeness (QED) is 0.377. The van der Waals surface area contributed by atoms with E-state index in [0.717, 1.165) is 9.79 Å². The summed E-state index contributed by atoms with van der Waals surface area (Å²) in [6.45, 7) is 0. The molecule has 0 radical (unpaired) electrons. The molecule has 0 saturated heterocycles. The first kappa shape index (κ1) is 11.5. The van der Waals surface area contributed by atoms with Gasteiger partial charge in [0.15, 0.2) is 5.84 Å². The van der Waals surface area contributed by atoms with Gasteiger partial charge >= 0.3 is 0 Å². The SMILES string of the molecule is N/C(=N/O)c1ncccc1Sc1ccccc1. The van der Waals surface area contributed by atoms with Crippen LogP contribution in [0.5, 0.6) is 0 Å². The summed E-state index contributed by atoms with van der Waals surface area (Å²) in [6.07, 6.45) is 1.61. The van der Waals surface area contributed by atoms with Crippen molar-refractivity contribution in [1.82, 2.24) is 4.98 Å². The number of nitrogens with zero attached hydrogens (tertiary/aromatic N) is 2. The van der Waals surface area contributed by atoms with Gasteiger partial charge in [-0.05, 0) is 24.3 Å². The van der Waals surface area contributed by atoms with Crippen LogP contribution in [0, 0.1) is 0 Å². The Morgan fingerprint density at radius 1 is 1.18 bits per heavy atom. The highest BCUT2D eigenvalue weighted by Gasteiger charge is 2.09. The first-order valence-electron chi connectivity index (χ1n) is 4.97. The van der Waals surface area contributed by atoms with Crippen LogP contribution < -0.4 is 5.73 Å². The second kappa shape index (κ2) is 5.36. The summed E-state index contributed by atoms with van der Waals surface area (Å²) in [6, 6.07) is 13.6. The molecule has 3 N–H and O–H groups in total. The van der Waals surface area contributed by atoms with E-state index in [1.165, 1.54) is 11.8 Å². The molecule has 2 rings (SSSR count). The molecule has 1 heterocycles. The van der Waals surface area contributed by atoms with Gasteiger partial charge in [-0.25, -0.2) is 0 Å². The molecule has 2 aromatic rings. The number of benzene rings is 1. The van der Waals surface area contributed by atoms with Crippen LogP contribution in [-0.4, -0.2) is 16.0 Å². The van der Waals surface area contributed by atoms with Crippen molar-refractivity contribution in [2.24, 2.45) is 10.9 Å². The topological polar surface area (TPSA) is 71.5 Å². The van der Waals surface area contributed by atoms with Crippen molar-refractivity contribution in [2.45, 2.75) is 9.79 Å². The molecular formula is C12H11N3OS. The number of aromatic nitrogens is 1. The number of hydrogen-bond acceptors (Lipinski definition) is 4. The molecule has 0 spiro atoms. The van der Waals surface area contributed by atoms with Crippen molar-refractivity contribution in [3.05, 3.63) is 54.4 Å². The van der Waals surface area contributed by atoms with Gasteiger partial charge in [-0.2, -0.15) is 0 Å². The number of nitrogens with two attached hydrogens (primary N) is 1. The van der Waals surface area contributed by atoms with Crippen LogP contribution in [0.25, 0.3) is 0 Å². The molecule has 0 aliphatic rings. The van der Waals surface area contributed by atoms with Crippen molar-refractivity contribution < 1.29 is 5.21 Å². The molecule has 0 aliphatic heterocycles. The fourth-order valence-electron chi connectivity index (χ4n) is 1.33. The Hall–Kier alpha value is -2.01. The molecule has 1 aromatic carbocycles. The van der Waals surface area contributed by atoms with E-state index in [1.807, 2.05) is 42.5 Å². The van der Waals surface area contributed by atoms with Crippen LogP contribution in [0.1, 0.15) is 5.69 Å². The second-order valence-corrected chi connectivity index (χ2v) is 4.37. The Bertz CT molecular complexity index is 528. The fourth-order valence-corrected chi connectivity index (χ4v) is 2.28. The zero-order valence-electron chi connectivity index (χ0n) is 8.95. The Balaban J connectivity index is 2.33. The van der Waals surface area contributed by atoms with Crippen LogP contribution >= 0.6 is 11.8 Å².